The van der Waals surface area contributed by atoms with Gasteiger partial charge in [-0.2, -0.15) is 0 Å². The molecule has 0 radical (unpaired) electrons. The van der Waals surface area contributed by atoms with Gasteiger partial charge >= 0.3 is 5.97 Å². The lowest BCUT2D eigenvalue weighted by molar-refractivity contribution is -0.141. The number of unbranched alkanes of at least 4 members (excludes halogenated alkanes) is 2. The molecule has 0 fully saturated rings. The van der Waals surface area contributed by atoms with Crippen LogP contribution < -0.4 is 5.32 Å². The molecule has 0 aliphatic carbocycles. The van der Waals surface area contributed by atoms with Crippen molar-refractivity contribution in [1.82, 2.24) is 5.32 Å². The van der Waals surface area contributed by atoms with Crippen LogP contribution in [0.4, 0.5) is 0 Å². The molecule has 106 valence electrons. The quantitative estimate of drug-likeness (QED) is 0.483. The van der Waals surface area contributed by atoms with Crippen LogP contribution >= 0.6 is 0 Å². The maximum Gasteiger partial charge on any atom is 0.302 e. The van der Waals surface area contributed by atoms with Gasteiger partial charge in [-0.1, -0.05) is 13.8 Å². The zero-order chi connectivity index (χ0) is 13.8. The van der Waals surface area contributed by atoms with Crippen LogP contribution in [0.15, 0.2) is 0 Å². The van der Waals surface area contributed by atoms with Gasteiger partial charge in [-0.05, 0) is 38.0 Å². The molecule has 0 atom stereocenters. The minimum absolute atomic E-state index is 0.131. The maximum absolute atomic E-state index is 11.4. The fourth-order valence-electron chi connectivity index (χ4n) is 1.61. The SMILES string of the molecule is CC(=O)OCCCCCC(=O)NCCCC(C)C. The van der Waals surface area contributed by atoms with Gasteiger partial charge in [0.1, 0.15) is 0 Å². The average molecular weight is 257 g/mol. The first-order valence-electron chi connectivity index (χ1n) is 6.92. The summed E-state index contributed by atoms with van der Waals surface area (Å²) in [6.07, 6.45) is 5.39. The van der Waals surface area contributed by atoms with Crippen molar-refractivity contribution in [3.8, 4) is 0 Å². The molecular formula is C14H27NO3. The molecule has 0 aromatic carbocycles. The van der Waals surface area contributed by atoms with E-state index >= 15 is 0 Å². The zero-order valence-electron chi connectivity index (χ0n) is 12.0. The first-order valence-corrected chi connectivity index (χ1v) is 6.92. The van der Waals surface area contributed by atoms with E-state index in [1.54, 1.807) is 0 Å². The van der Waals surface area contributed by atoms with Crippen molar-refractivity contribution >= 4 is 11.9 Å². The molecule has 0 aliphatic heterocycles. The summed E-state index contributed by atoms with van der Waals surface area (Å²) >= 11 is 0. The van der Waals surface area contributed by atoms with Gasteiger partial charge in [-0.15, -0.1) is 0 Å². The topological polar surface area (TPSA) is 55.4 Å². The second-order valence-electron chi connectivity index (χ2n) is 5.04. The lowest BCUT2D eigenvalue weighted by Crippen LogP contribution is -2.24. The number of carbonyl (C=O) groups excluding carboxylic acids is 2. The van der Waals surface area contributed by atoms with Gasteiger partial charge in [0.2, 0.25) is 5.91 Å². The van der Waals surface area contributed by atoms with Crippen molar-refractivity contribution in [2.24, 2.45) is 5.92 Å². The van der Waals surface area contributed by atoms with Crippen molar-refractivity contribution in [1.29, 1.82) is 0 Å². The molecule has 0 aromatic rings. The molecule has 0 heterocycles. The molecule has 0 unspecified atom stereocenters. The number of rotatable bonds is 10. The van der Waals surface area contributed by atoms with Gasteiger partial charge < -0.3 is 10.1 Å². The van der Waals surface area contributed by atoms with Gasteiger partial charge in [0.05, 0.1) is 6.61 Å². The lowest BCUT2D eigenvalue weighted by Gasteiger charge is -2.07. The summed E-state index contributed by atoms with van der Waals surface area (Å²) in [6, 6.07) is 0. The minimum Gasteiger partial charge on any atom is -0.466 e. The number of amides is 1. The predicted octanol–water partition coefficient (Wildman–Crippen LogP) is 2.66. The number of esters is 1. The molecule has 18 heavy (non-hydrogen) atoms. The fraction of sp³-hybridized carbons (Fsp3) is 0.857. The number of ether oxygens (including phenoxy) is 1. The van der Waals surface area contributed by atoms with E-state index in [1.807, 2.05) is 0 Å². The summed E-state index contributed by atoms with van der Waals surface area (Å²) < 4.78 is 4.81. The highest BCUT2D eigenvalue weighted by molar-refractivity contribution is 5.75. The Morgan fingerprint density at radius 1 is 1.11 bits per heavy atom. The highest BCUT2D eigenvalue weighted by Crippen LogP contribution is 2.03. The molecule has 0 bridgehead atoms. The summed E-state index contributed by atoms with van der Waals surface area (Å²) in [7, 11) is 0. The zero-order valence-corrected chi connectivity index (χ0v) is 12.0. The van der Waals surface area contributed by atoms with Gasteiger partial charge in [0.15, 0.2) is 0 Å². The highest BCUT2D eigenvalue weighted by atomic mass is 16.5. The summed E-state index contributed by atoms with van der Waals surface area (Å²) in [6.45, 7) is 7.02. The predicted molar refractivity (Wildman–Crippen MR) is 72.2 cm³/mol. The molecule has 1 amide bonds. The van der Waals surface area contributed by atoms with Crippen LogP contribution in [0.25, 0.3) is 0 Å². The van der Waals surface area contributed by atoms with E-state index in [0.29, 0.717) is 18.9 Å². The van der Waals surface area contributed by atoms with Crippen LogP contribution in [-0.4, -0.2) is 25.0 Å². The molecule has 4 heteroatoms. The number of hydrogen-bond acceptors (Lipinski definition) is 3. The van der Waals surface area contributed by atoms with E-state index in [4.69, 9.17) is 4.74 Å². The summed E-state index contributed by atoms with van der Waals surface area (Å²) in [5, 5.41) is 2.92. The third-order valence-electron chi connectivity index (χ3n) is 2.63. The fourth-order valence-corrected chi connectivity index (χ4v) is 1.61. The van der Waals surface area contributed by atoms with Crippen LogP contribution in [0.2, 0.25) is 0 Å². The summed E-state index contributed by atoms with van der Waals surface area (Å²) in [5.41, 5.74) is 0. The Labute approximate surface area is 110 Å². The molecule has 0 aliphatic rings. The monoisotopic (exact) mass is 257 g/mol. The van der Waals surface area contributed by atoms with Crippen LogP contribution in [0.5, 0.6) is 0 Å². The van der Waals surface area contributed by atoms with Gasteiger partial charge in [-0.3, -0.25) is 9.59 Å². The standard InChI is InChI=1S/C14H27NO3/c1-12(2)8-7-10-15-14(17)9-5-4-6-11-18-13(3)16/h12H,4-11H2,1-3H3,(H,15,17). The van der Waals surface area contributed by atoms with Gasteiger partial charge in [-0.25, -0.2) is 0 Å². The number of nitrogens with one attached hydrogen (secondary N) is 1. The Morgan fingerprint density at radius 2 is 1.83 bits per heavy atom. The van der Waals surface area contributed by atoms with E-state index in [-0.39, 0.29) is 11.9 Å². The first kappa shape index (κ1) is 16.9. The van der Waals surface area contributed by atoms with Crippen LogP contribution in [0.3, 0.4) is 0 Å². The molecule has 0 saturated carbocycles. The Morgan fingerprint density at radius 3 is 2.44 bits per heavy atom. The Kier molecular flexibility index (Phi) is 10.4. The van der Waals surface area contributed by atoms with E-state index in [1.165, 1.54) is 6.92 Å². The summed E-state index contributed by atoms with van der Waals surface area (Å²) in [5.74, 6) is 0.590. The van der Waals surface area contributed by atoms with Crippen molar-refractivity contribution in [3.63, 3.8) is 0 Å². The first-order chi connectivity index (χ1) is 8.52. The molecule has 4 nitrogen and oxygen atoms in total. The Hall–Kier alpha value is -1.06. The highest BCUT2D eigenvalue weighted by Gasteiger charge is 2.01. The van der Waals surface area contributed by atoms with Crippen molar-refractivity contribution in [2.75, 3.05) is 13.2 Å². The van der Waals surface area contributed by atoms with E-state index in [0.717, 1.165) is 38.6 Å². The number of hydrogen-bond donors (Lipinski definition) is 1. The van der Waals surface area contributed by atoms with Crippen LogP contribution in [0, 0.1) is 5.92 Å². The van der Waals surface area contributed by atoms with E-state index in [9.17, 15) is 9.59 Å². The van der Waals surface area contributed by atoms with Gasteiger partial charge in [0, 0.05) is 19.9 Å². The molecule has 0 spiro atoms. The summed E-state index contributed by atoms with van der Waals surface area (Å²) in [4.78, 5) is 21.9. The van der Waals surface area contributed by atoms with Crippen molar-refractivity contribution in [2.45, 2.75) is 59.3 Å². The molecule has 0 saturated heterocycles. The molecular weight excluding hydrogens is 230 g/mol. The van der Waals surface area contributed by atoms with Crippen LogP contribution in [-0.2, 0) is 14.3 Å². The molecule has 1 N–H and O–H groups in total. The third-order valence-corrected chi connectivity index (χ3v) is 2.63. The number of carbonyl (C=O) groups is 2. The lowest BCUT2D eigenvalue weighted by atomic mass is 10.1. The smallest absolute Gasteiger partial charge is 0.302 e. The largest absolute Gasteiger partial charge is 0.466 e. The third kappa shape index (κ3) is 13.0. The van der Waals surface area contributed by atoms with Crippen molar-refractivity contribution in [3.05, 3.63) is 0 Å². The van der Waals surface area contributed by atoms with Crippen LogP contribution in [0.1, 0.15) is 59.3 Å². The second kappa shape index (κ2) is 11.1. The second-order valence-corrected chi connectivity index (χ2v) is 5.04. The normalized spacial score (nSPS) is 10.4. The van der Waals surface area contributed by atoms with Gasteiger partial charge in [0.25, 0.3) is 0 Å². The van der Waals surface area contributed by atoms with E-state index in [2.05, 4.69) is 19.2 Å². The van der Waals surface area contributed by atoms with E-state index < -0.39 is 0 Å². The maximum atomic E-state index is 11.4. The minimum atomic E-state index is -0.238. The Bertz CT molecular complexity index is 239. The Balaban J connectivity index is 3.24. The molecule has 0 aromatic heterocycles. The van der Waals surface area contributed by atoms with Crippen molar-refractivity contribution < 1.29 is 14.3 Å². The average Bonchev–Trinajstić information content (AvgIpc) is 2.28. The molecule has 0 rings (SSSR count).